The minimum Gasteiger partial charge on any atom is -0.504 e. The molecule has 0 fully saturated rings. The van der Waals surface area contributed by atoms with E-state index in [9.17, 15) is 9.90 Å². The molecule has 0 spiro atoms. The van der Waals surface area contributed by atoms with Crippen molar-refractivity contribution in [2.24, 2.45) is 0 Å². The lowest BCUT2D eigenvalue weighted by atomic mass is 10.1. The number of carbonyl (C=O) groups excluding carboxylic acids is 1. The number of benzene rings is 2. The van der Waals surface area contributed by atoms with Crippen molar-refractivity contribution in [1.29, 1.82) is 0 Å². The van der Waals surface area contributed by atoms with Crippen molar-refractivity contribution in [2.45, 2.75) is 0 Å². The first-order valence-corrected chi connectivity index (χ1v) is 8.23. The van der Waals surface area contributed by atoms with Gasteiger partial charge in [-0.3, -0.25) is 4.79 Å². The maximum absolute atomic E-state index is 11.9. The van der Waals surface area contributed by atoms with Gasteiger partial charge < -0.3 is 19.3 Å². The van der Waals surface area contributed by atoms with Gasteiger partial charge in [0.1, 0.15) is 11.5 Å². The molecule has 0 aromatic heterocycles. The molecule has 5 heteroatoms. The van der Waals surface area contributed by atoms with Gasteiger partial charge in [-0.1, -0.05) is 30.4 Å². The molecule has 0 bridgehead atoms. The van der Waals surface area contributed by atoms with E-state index in [1.54, 1.807) is 44.6 Å². The summed E-state index contributed by atoms with van der Waals surface area (Å²) in [5.74, 6) is 1.68. The fourth-order valence-corrected chi connectivity index (χ4v) is 2.32. The zero-order valence-corrected chi connectivity index (χ0v) is 15.5. The van der Waals surface area contributed by atoms with Gasteiger partial charge in [0.05, 0.1) is 21.3 Å². The van der Waals surface area contributed by atoms with Crippen molar-refractivity contribution in [1.82, 2.24) is 0 Å². The van der Waals surface area contributed by atoms with Crippen LogP contribution in [0.2, 0.25) is 0 Å². The van der Waals surface area contributed by atoms with Gasteiger partial charge >= 0.3 is 0 Å². The van der Waals surface area contributed by atoms with Crippen LogP contribution in [0.15, 0.2) is 60.7 Å². The lowest BCUT2D eigenvalue weighted by Gasteiger charge is -2.06. The Kier molecular flexibility index (Phi) is 7.26. The van der Waals surface area contributed by atoms with Crippen molar-refractivity contribution in [3.05, 3.63) is 71.8 Å². The van der Waals surface area contributed by atoms with Gasteiger partial charge in [-0.15, -0.1) is 0 Å². The van der Waals surface area contributed by atoms with Crippen molar-refractivity contribution < 1.29 is 24.1 Å². The molecule has 0 atom stereocenters. The van der Waals surface area contributed by atoms with Crippen LogP contribution in [0.3, 0.4) is 0 Å². The van der Waals surface area contributed by atoms with E-state index < -0.39 is 0 Å². The Balaban J connectivity index is 2.00. The predicted octanol–water partition coefficient (Wildman–Crippen LogP) is 4.27. The summed E-state index contributed by atoms with van der Waals surface area (Å²) in [5, 5.41) is 9.73. The minimum atomic E-state index is -0.174. The number of aromatic hydroxyl groups is 1. The van der Waals surface area contributed by atoms with Crippen LogP contribution in [-0.2, 0) is 4.79 Å². The molecule has 5 nitrogen and oxygen atoms in total. The third kappa shape index (κ3) is 5.78. The number of ketones is 1. The van der Waals surface area contributed by atoms with Gasteiger partial charge in [0.15, 0.2) is 17.3 Å². The van der Waals surface area contributed by atoms with Crippen LogP contribution in [0.4, 0.5) is 0 Å². The van der Waals surface area contributed by atoms with Crippen LogP contribution in [-0.4, -0.2) is 32.2 Å². The Morgan fingerprint density at radius 2 is 1.59 bits per heavy atom. The maximum Gasteiger partial charge on any atom is 0.178 e. The molecular formula is C22H22O5. The molecule has 0 heterocycles. The molecule has 0 saturated heterocycles. The Labute approximate surface area is 158 Å². The van der Waals surface area contributed by atoms with E-state index >= 15 is 0 Å². The Hall–Kier alpha value is -3.47. The number of methoxy groups -OCH3 is 3. The molecule has 1 N–H and O–H groups in total. The first-order chi connectivity index (χ1) is 13.1. The topological polar surface area (TPSA) is 65.0 Å². The quantitative estimate of drug-likeness (QED) is 0.558. The average molecular weight is 366 g/mol. The van der Waals surface area contributed by atoms with Crippen LogP contribution in [0.5, 0.6) is 23.0 Å². The maximum atomic E-state index is 11.9. The summed E-state index contributed by atoms with van der Waals surface area (Å²) in [5.41, 5.74) is 1.55. The normalized spacial score (nSPS) is 11.4. The molecule has 27 heavy (non-hydrogen) atoms. The third-order valence-electron chi connectivity index (χ3n) is 3.73. The lowest BCUT2D eigenvalue weighted by molar-refractivity contribution is -0.110. The number of allylic oxidation sites excluding steroid dienone is 4. The third-order valence-corrected chi connectivity index (χ3v) is 3.73. The van der Waals surface area contributed by atoms with Crippen molar-refractivity contribution >= 4 is 17.9 Å². The van der Waals surface area contributed by atoms with E-state index in [0.717, 1.165) is 11.3 Å². The molecular weight excluding hydrogens is 344 g/mol. The number of hydrogen-bond acceptors (Lipinski definition) is 5. The predicted molar refractivity (Wildman–Crippen MR) is 106 cm³/mol. The van der Waals surface area contributed by atoms with Crippen LogP contribution in [0.25, 0.3) is 12.2 Å². The molecule has 0 aliphatic heterocycles. The summed E-state index contributed by atoms with van der Waals surface area (Å²) in [6.45, 7) is 0. The zero-order chi connectivity index (χ0) is 19.6. The van der Waals surface area contributed by atoms with Crippen LogP contribution in [0.1, 0.15) is 11.1 Å². The highest BCUT2D eigenvalue weighted by molar-refractivity contribution is 6.02. The molecule has 0 aliphatic rings. The number of hydrogen-bond donors (Lipinski definition) is 1. The fraction of sp³-hybridized carbons (Fsp3) is 0.136. The number of rotatable bonds is 8. The number of phenols is 1. The highest BCUT2D eigenvalue weighted by Crippen LogP contribution is 2.27. The van der Waals surface area contributed by atoms with E-state index in [1.165, 1.54) is 25.3 Å². The summed E-state index contributed by atoms with van der Waals surface area (Å²) < 4.78 is 15.5. The Morgan fingerprint density at radius 1 is 0.852 bits per heavy atom. The summed E-state index contributed by atoms with van der Waals surface area (Å²) >= 11 is 0. The van der Waals surface area contributed by atoms with E-state index in [4.69, 9.17) is 14.2 Å². The molecule has 140 valence electrons. The van der Waals surface area contributed by atoms with E-state index in [1.807, 2.05) is 24.3 Å². The number of ether oxygens (including phenoxy) is 3. The smallest absolute Gasteiger partial charge is 0.178 e. The second-order valence-corrected chi connectivity index (χ2v) is 5.49. The first-order valence-electron chi connectivity index (χ1n) is 8.23. The number of phenolic OH excluding ortho intramolecular Hbond substituents is 1. The Bertz CT molecular complexity index is 878. The van der Waals surface area contributed by atoms with Crippen molar-refractivity contribution in [2.75, 3.05) is 21.3 Å². The minimum absolute atomic E-state index is 0.0258. The van der Waals surface area contributed by atoms with Gasteiger partial charge in [-0.2, -0.15) is 0 Å². The Morgan fingerprint density at radius 3 is 2.26 bits per heavy atom. The summed E-state index contributed by atoms with van der Waals surface area (Å²) in [7, 11) is 4.68. The molecule has 2 rings (SSSR count). The van der Waals surface area contributed by atoms with Gasteiger partial charge in [-0.05, 0) is 48.0 Å². The zero-order valence-electron chi connectivity index (χ0n) is 15.5. The molecule has 0 radical (unpaired) electrons. The SMILES string of the molecule is COc1ccc(OC)c(/C=C/C=C/C(=O)/C=C/c2ccc(OC)c(O)c2)c1. The second kappa shape index (κ2) is 9.87. The lowest BCUT2D eigenvalue weighted by Crippen LogP contribution is -1.89. The second-order valence-electron chi connectivity index (χ2n) is 5.49. The monoisotopic (exact) mass is 366 g/mol. The number of carbonyl (C=O) groups is 1. The summed E-state index contributed by atoms with van der Waals surface area (Å²) in [6.07, 6.45) is 9.73. The van der Waals surface area contributed by atoms with Crippen molar-refractivity contribution in [3.63, 3.8) is 0 Å². The highest BCUT2D eigenvalue weighted by atomic mass is 16.5. The fourth-order valence-electron chi connectivity index (χ4n) is 2.32. The van der Waals surface area contributed by atoms with Crippen LogP contribution >= 0.6 is 0 Å². The average Bonchev–Trinajstić information content (AvgIpc) is 2.69. The van der Waals surface area contributed by atoms with Gasteiger partial charge in [-0.25, -0.2) is 0 Å². The molecule has 0 unspecified atom stereocenters. The largest absolute Gasteiger partial charge is 0.504 e. The van der Waals surface area contributed by atoms with E-state index in [0.29, 0.717) is 17.1 Å². The van der Waals surface area contributed by atoms with Gasteiger partial charge in [0.25, 0.3) is 0 Å². The molecule has 2 aromatic rings. The standard InChI is InChI=1S/C22H22O5/c1-25-19-11-13-21(26-2)17(15-19)6-4-5-7-18(23)10-8-16-9-12-22(27-3)20(24)14-16/h4-15,24H,1-3H3/b6-4+,7-5+,10-8+. The van der Waals surface area contributed by atoms with E-state index in [2.05, 4.69) is 0 Å². The summed E-state index contributed by atoms with van der Waals surface area (Å²) in [4.78, 5) is 11.9. The summed E-state index contributed by atoms with van der Waals surface area (Å²) in [6, 6.07) is 10.4. The molecule has 0 saturated carbocycles. The van der Waals surface area contributed by atoms with Gasteiger partial charge in [0.2, 0.25) is 0 Å². The van der Waals surface area contributed by atoms with Crippen LogP contribution < -0.4 is 14.2 Å². The van der Waals surface area contributed by atoms with E-state index in [-0.39, 0.29) is 11.5 Å². The first kappa shape index (κ1) is 19.8. The molecule has 2 aromatic carbocycles. The van der Waals surface area contributed by atoms with Crippen molar-refractivity contribution in [3.8, 4) is 23.0 Å². The highest BCUT2D eigenvalue weighted by Gasteiger charge is 2.02. The van der Waals surface area contributed by atoms with Crippen LogP contribution in [0, 0.1) is 0 Å². The molecule has 0 aliphatic carbocycles. The molecule has 0 amide bonds. The van der Waals surface area contributed by atoms with Gasteiger partial charge in [0, 0.05) is 5.56 Å².